The molecule has 0 bridgehead atoms. The van der Waals surface area contributed by atoms with Crippen LogP contribution in [0.15, 0.2) is 47.3 Å². The Kier molecular flexibility index (Phi) is 6.45. The number of nitrogens with zero attached hydrogens (tertiary/aromatic N) is 4. The van der Waals surface area contributed by atoms with E-state index in [1.807, 2.05) is 11.5 Å². The van der Waals surface area contributed by atoms with E-state index < -0.39 is 0 Å². The van der Waals surface area contributed by atoms with E-state index in [2.05, 4.69) is 73.0 Å². The summed E-state index contributed by atoms with van der Waals surface area (Å²) in [5.74, 6) is 1.58. The van der Waals surface area contributed by atoms with Crippen molar-refractivity contribution in [2.45, 2.75) is 40.7 Å². The van der Waals surface area contributed by atoms with Gasteiger partial charge in [0.15, 0.2) is 0 Å². The Labute approximate surface area is 205 Å². The van der Waals surface area contributed by atoms with E-state index in [1.165, 1.54) is 21.0 Å². The topological polar surface area (TPSA) is 41.4 Å². The smallest absolute Gasteiger partial charge is 0.254 e. The first-order chi connectivity index (χ1) is 16.4. The van der Waals surface area contributed by atoms with Crippen LogP contribution in [-0.4, -0.2) is 46.6 Å². The molecule has 5 nitrogen and oxygen atoms in total. The van der Waals surface area contributed by atoms with E-state index in [1.54, 1.807) is 11.5 Å². The predicted octanol–water partition coefficient (Wildman–Crippen LogP) is 5.25. The van der Waals surface area contributed by atoms with Crippen LogP contribution in [0.1, 0.15) is 30.5 Å². The zero-order valence-electron chi connectivity index (χ0n) is 20.7. The molecule has 0 unspecified atom stereocenters. The van der Waals surface area contributed by atoms with Crippen LogP contribution >= 0.6 is 11.5 Å². The highest BCUT2D eigenvalue weighted by molar-refractivity contribution is 7.13. The van der Waals surface area contributed by atoms with Crippen molar-refractivity contribution in [3.8, 4) is 0 Å². The highest BCUT2D eigenvalue weighted by Gasteiger charge is 2.20. The molecular formula is C28H34N4OS. The molecule has 0 atom stereocenters. The largest absolute Gasteiger partial charge is 0.353 e. The molecule has 0 aliphatic carbocycles. The zero-order valence-corrected chi connectivity index (χ0v) is 21.5. The van der Waals surface area contributed by atoms with Crippen molar-refractivity contribution in [2.24, 2.45) is 5.92 Å². The van der Waals surface area contributed by atoms with Crippen molar-refractivity contribution in [2.75, 3.05) is 37.6 Å². The van der Waals surface area contributed by atoms with Gasteiger partial charge in [0.05, 0.1) is 10.2 Å². The number of rotatable bonds is 6. The van der Waals surface area contributed by atoms with Gasteiger partial charge in [0.2, 0.25) is 0 Å². The fourth-order valence-corrected chi connectivity index (χ4v) is 5.86. The van der Waals surface area contributed by atoms with E-state index in [-0.39, 0.29) is 5.56 Å². The fraction of sp³-hybridized carbons (Fsp3) is 0.429. The lowest BCUT2D eigenvalue weighted by atomic mass is 10.0. The molecule has 5 rings (SSSR count). The maximum Gasteiger partial charge on any atom is 0.254 e. The van der Waals surface area contributed by atoms with Gasteiger partial charge in [-0.1, -0.05) is 32.0 Å². The van der Waals surface area contributed by atoms with Gasteiger partial charge in [-0.05, 0) is 73.1 Å². The van der Waals surface area contributed by atoms with Crippen LogP contribution in [0.3, 0.4) is 0 Å². The summed E-state index contributed by atoms with van der Waals surface area (Å²) in [5.41, 5.74) is 4.55. The quantitative estimate of drug-likeness (QED) is 0.383. The predicted molar refractivity (Wildman–Crippen MR) is 144 cm³/mol. The van der Waals surface area contributed by atoms with Crippen LogP contribution < -0.4 is 10.5 Å². The lowest BCUT2D eigenvalue weighted by molar-refractivity contribution is 0.261. The highest BCUT2D eigenvalue weighted by Crippen LogP contribution is 2.30. The van der Waals surface area contributed by atoms with Gasteiger partial charge < -0.3 is 9.47 Å². The highest BCUT2D eigenvalue weighted by atomic mass is 32.1. The Morgan fingerprint density at radius 3 is 2.50 bits per heavy atom. The average molecular weight is 475 g/mol. The Morgan fingerprint density at radius 2 is 1.74 bits per heavy atom. The number of hydrogen-bond acceptors (Lipinski definition) is 5. The summed E-state index contributed by atoms with van der Waals surface area (Å²) in [6.07, 6.45) is 1.03. The van der Waals surface area contributed by atoms with Crippen LogP contribution in [0.4, 0.5) is 5.82 Å². The summed E-state index contributed by atoms with van der Waals surface area (Å²) in [5, 5.41) is 2.49. The molecule has 2 aromatic heterocycles. The Hall–Kier alpha value is -2.70. The number of piperazine rings is 1. The first-order valence-corrected chi connectivity index (χ1v) is 13.1. The number of aromatic nitrogens is 2. The van der Waals surface area contributed by atoms with Crippen molar-refractivity contribution in [3.63, 3.8) is 0 Å². The van der Waals surface area contributed by atoms with Gasteiger partial charge in [-0.15, -0.1) is 0 Å². The van der Waals surface area contributed by atoms with Gasteiger partial charge in [-0.3, -0.25) is 9.69 Å². The minimum atomic E-state index is 0.150. The minimum absolute atomic E-state index is 0.150. The summed E-state index contributed by atoms with van der Waals surface area (Å²) < 4.78 is 7.97. The molecule has 178 valence electrons. The van der Waals surface area contributed by atoms with Crippen molar-refractivity contribution >= 4 is 38.3 Å². The Morgan fingerprint density at radius 1 is 0.971 bits per heavy atom. The number of fused-ring (bicyclic) bond motifs is 2. The number of benzene rings is 2. The van der Waals surface area contributed by atoms with Crippen molar-refractivity contribution < 1.29 is 0 Å². The molecule has 1 aliphatic heterocycles. The van der Waals surface area contributed by atoms with E-state index in [0.29, 0.717) is 5.92 Å². The van der Waals surface area contributed by atoms with E-state index in [9.17, 15) is 4.79 Å². The van der Waals surface area contributed by atoms with Crippen molar-refractivity contribution in [1.29, 1.82) is 0 Å². The molecule has 3 heterocycles. The zero-order chi connectivity index (χ0) is 23.8. The number of aryl methyl sites for hydroxylation is 1. The molecule has 0 N–H and O–H groups in total. The normalized spacial score (nSPS) is 15.1. The maximum absolute atomic E-state index is 12.9. The lowest BCUT2D eigenvalue weighted by Gasteiger charge is -2.35. The van der Waals surface area contributed by atoms with Gasteiger partial charge >= 0.3 is 0 Å². The number of anilines is 1. The summed E-state index contributed by atoms with van der Waals surface area (Å²) in [7, 11) is 0. The molecule has 0 spiro atoms. The summed E-state index contributed by atoms with van der Waals surface area (Å²) in [6, 6.07) is 15.2. The van der Waals surface area contributed by atoms with Gasteiger partial charge in [-0.2, -0.15) is 4.37 Å². The molecule has 0 amide bonds. The third kappa shape index (κ3) is 4.37. The number of pyridine rings is 1. The maximum atomic E-state index is 12.9. The van der Waals surface area contributed by atoms with Crippen LogP contribution in [0.25, 0.3) is 21.0 Å². The van der Waals surface area contributed by atoms with Crippen molar-refractivity contribution in [3.05, 3.63) is 69.5 Å². The monoisotopic (exact) mass is 474 g/mol. The van der Waals surface area contributed by atoms with Crippen molar-refractivity contribution in [1.82, 2.24) is 13.8 Å². The van der Waals surface area contributed by atoms with E-state index in [4.69, 9.17) is 4.37 Å². The van der Waals surface area contributed by atoms with Gasteiger partial charge in [-0.25, -0.2) is 0 Å². The molecule has 1 aliphatic rings. The summed E-state index contributed by atoms with van der Waals surface area (Å²) in [4.78, 5) is 17.9. The average Bonchev–Trinajstić information content (AvgIpc) is 3.28. The molecule has 6 heteroatoms. The Bertz CT molecular complexity index is 1380. The van der Waals surface area contributed by atoms with Crippen LogP contribution in [0, 0.1) is 19.8 Å². The van der Waals surface area contributed by atoms with Crippen LogP contribution in [0.2, 0.25) is 0 Å². The third-order valence-electron chi connectivity index (χ3n) is 7.18. The molecule has 1 saturated heterocycles. The molecule has 0 radical (unpaired) electrons. The van der Waals surface area contributed by atoms with Crippen LogP contribution in [-0.2, 0) is 13.0 Å². The van der Waals surface area contributed by atoms with Gasteiger partial charge in [0.1, 0.15) is 5.82 Å². The summed E-state index contributed by atoms with van der Waals surface area (Å²) >= 11 is 1.60. The molecule has 0 saturated carbocycles. The first kappa shape index (κ1) is 23.1. The van der Waals surface area contributed by atoms with Gasteiger partial charge in [0, 0.05) is 55.6 Å². The number of hydrogen-bond donors (Lipinski definition) is 0. The third-order valence-corrected chi connectivity index (χ3v) is 8.00. The van der Waals surface area contributed by atoms with Gasteiger partial charge in [0.25, 0.3) is 5.56 Å². The standard InChI is InChI=1S/C28H34N4OS/c1-19(2)18-32-25-10-9-22(17-24(25)20(3)21(4)28(32)33)11-12-30-13-15-31(16-14-30)27-23-7-5-6-8-26(23)34-29-27/h5-10,17,19H,11-16,18H2,1-4H3. The minimum Gasteiger partial charge on any atom is -0.353 e. The van der Waals surface area contributed by atoms with Crippen LogP contribution in [0.5, 0.6) is 0 Å². The molecule has 2 aromatic carbocycles. The summed E-state index contributed by atoms with van der Waals surface area (Å²) in [6.45, 7) is 14.4. The second-order valence-electron chi connectivity index (χ2n) is 9.99. The molecular weight excluding hydrogens is 440 g/mol. The SMILES string of the molecule is Cc1c(C)c2cc(CCN3CCN(c4nsc5ccccc45)CC3)ccc2n(CC(C)C)c1=O. The molecule has 34 heavy (non-hydrogen) atoms. The Balaban J connectivity index is 1.27. The second-order valence-corrected chi connectivity index (χ2v) is 10.8. The second kappa shape index (κ2) is 9.51. The first-order valence-electron chi connectivity index (χ1n) is 12.4. The van der Waals surface area contributed by atoms with E-state index in [0.717, 1.165) is 68.2 Å². The fourth-order valence-electron chi connectivity index (χ4n) is 5.07. The lowest BCUT2D eigenvalue weighted by Crippen LogP contribution is -2.47. The molecule has 1 fully saturated rings. The van der Waals surface area contributed by atoms with E-state index >= 15 is 0 Å². The molecule has 4 aromatic rings.